The Morgan fingerprint density at radius 3 is 2.00 bits per heavy atom. The molecule has 126 valence electrons. The molecule has 0 spiro atoms. The van der Waals surface area contributed by atoms with E-state index in [0.29, 0.717) is 0 Å². The second kappa shape index (κ2) is 12.2. The topological polar surface area (TPSA) is 12.0 Å². The minimum Gasteiger partial charge on any atom is -0.313 e. The van der Waals surface area contributed by atoms with E-state index in [1.54, 1.807) is 0 Å². The van der Waals surface area contributed by atoms with Crippen molar-refractivity contribution < 1.29 is 0 Å². The van der Waals surface area contributed by atoms with E-state index in [-0.39, 0.29) is 12.4 Å². The highest BCUT2D eigenvalue weighted by Crippen LogP contribution is 2.19. The van der Waals surface area contributed by atoms with Crippen LogP contribution in [0.25, 0.3) is 11.1 Å². The lowest BCUT2D eigenvalue weighted by Crippen LogP contribution is -2.14. The van der Waals surface area contributed by atoms with Crippen LogP contribution in [0, 0.1) is 0 Å². The maximum absolute atomic E-state index is 3.55. The number of nitrogens with one attached hydrogen (secondary N) is 1. The Morgan fingerprint density at radius 1 is 0.696 bits per heavy atom. The van der Waals surface area contributed by atoms with Crippen LogP contribution in [0.2, 0.25) is 0 Å². The normalized spacial score (nSPS) is 10.3. The van der Waals surface area contributed by atoms with E-state index in [2.05, 4.69) is 66.8 Å². The summed E-state index contributed by atoms with van der Waals surface area (Å²) in [5, 5.41) is 3.55. The molecule has 0 saturated heterocycles. The van der Waals surface area contributed by atoms with Crippen molar-refractivity contribution in [2.45, 2.75) is 52.0 Å². The fraction of sp³-hybridized carbons (Fsp3) is 0.429. The minimum absolute atomic E-state index is 0. The molecule has 0 aliphatic heterocycles. The van der Waals surface area contributed by atoms with Gasteiger partial charge in [0.05, 0.1) is 0 Å². The molecule has 0 unspecified atom stereocenters. The van der Waals surface area contributed by atoms with Crippen LogP contribution in [-0.2, 0) is 6.54 Å². The lowest BCUT2D eigenvalue weighted by Gasteiger charge is -2.07. The maximum atomic E-state index is 3.55. The standard InChI is InChI=1S/C21H29N.ClH/c1-2-3-4-5-6-10-17-22-18-19-13-15-21(16-14-19)20-11-8-7-9-12-20;/h7-9,11-16,22H,2-6,10,17-18H2,1H3;1H. The third-order valence-electron chi connectivity index (χ3n) is 4.10. The van der Waals surface area contributed by atoms with E-state index in [1.807, 2.05) is 0 Å². The monoisotopic (exact) mass is 331 g/mol. The number of unbranched alkanes of at least 4 members (excludes halogenated alkanes) is 5. The average Bonchev–Trinajstić information content (AvgIpc) is 2.59. The SMILES string of the molecule is CCCCCCCCNCc1ccc(-c2ccccc2)cc1.Cl. The van der Waals surface area contributed by atoms with Crippen LogP contribution < -0.4 is 5.32 Å². The molecule has 0 fully saturated rings. The Labute approximate surface area is 147 Å². The van der Waals surface area contributed by atoms with Gasteiger partial charge in [-0.3, -0.25) is 0 Å². The first-order valence-corrected chi connectivity index (χ1v) is 8.75. The summed E-state index contributed by atoms with van der Waals surface area (Å²) in [6.07, 6.45) is 8.17. The van der Waals surface area contributed by atoms with E-state index < -0.39 is 0 Å². The smallest absolute Gasteiger partial charge is 0.0205 e. The Kier molecular flexibility index (Phi) is 10.4. The third kappa shape index (κ3) is 7.67. The van der Waals surface area contributed by atoms with Crippen molar-refractivity contribution >= 4 is 12.4 Å². The quantitative estimate of drug-likeness (QED) is 0.509. The molecule has 0 heterocycles. The highest BCUT2D eigenvalue weighted by Gasteiger charge is 1.97. The lowest BCUT2D eigenvalue weighted by atomic mass is 10.0. The highest BCUT2D eigenvalue weighted by atomic mass is 35.5. The van der Waals surface area contributed by atoms with Gasteiger partial charge in [0.1, 0.15) is 0 Å². The first kappa shape index (κ1) is 19.7. The average molecular weight is 332 g/mol. The minimum atomic E-state index is 0. The van der Waals surface area contributed by atoms with Crippen LogP contribution in [0.3, 0.4) is 0 Å². The van der Waals surface area contributed by atoms with Gasteiger partial charge in [-0.15, -0.1) is 12.4 Å². The summed E-state index contributed by atoms with van der Waals surface area (Å²) >= 11 is 0. The van der Waals surface area contributed by atoms with Crippen LogP contribution in [0.4, 0.5) is 0 Å². The van der Waals surface area contributed by atoms with Crippen LogP contribution in [-0.4, -0.2) is 6.54 Å². The van der Waals surface area contributed by atoms with E-state index in [4.69, 9.17) is 0 Å². The van der Waals surface area contributed by atoms with E-state index in [1.165, 1.54) is 55.2 Å². The molecule has 0 bridgehead atoms. The molecule has 2 heteroatoms. The lowest BCUT2D eigenvalue weighted by molar-refractivity contribution is 0.572. The molecular weight excluding hydrogens is 302 g/mol. The van der Waals surface area contributed by atoms with Crippen LogP contribution in [0.5, 0.6) is 0 Å². The van der Waals surface area contributed by atoms with Gasteiger partial charge in [-0.1, -0.05) is 93.6 Å². The fourth-order valence-corrected chi connectivity index (χ4v) is 2.71. The zero-order valence-electron chi connectivity index (χ0n) is 14.3. The number of rotatable bonds is 10. The van der Waals surface area contributed by atoms with E-state index in [0.717, 1.165) is 13.1 Å². The molecule has 0 saturated carbocycles. The molecule has 2 rings (SSSR count). The van der Waals surface area contributed by atoms with Crippen LogP contribution in [0.1, 0.15) is 51.0 Å². The molecule has 0 radical (unpaired) electrons. The molecular formula is C21H30ClN. The van der Waals surface area contributed by atoms with Crippen molar-refractivity contribution in [3.05, 3.63) is 60.2 Å². The third-order valence-corrected chi connectivity index (χ3v) is 4.10. The van der Waals surface area contributed by atoms with Gasteiger partial charge < -0.3 is 5.32 Å². The first-order chi connectivity index (χ1) is 10.9. The van der Waals surface area contributed by atoms with Crippen molar-refractivity contribution in [3.8, 4) is 11.1 Å². The van der Waals surface area contributed by atoms with Gasteiger partial charge >= 0.3 is 0 Å². The maximum Gasteiger partial charge on any atom is 0.0205 e. The molecule has 2 aromatic rings. The summed E-state index contributed by atoms with van der Waals surface area (Å²) in [7, 11) is 0. The Bertz CT molecular complexity index is 507. The van der Waals surface area contributed by atoms with Crippen LogP contribution >= 0.6 is 12.4 Å². The second-order valence-corrected chi connectivity index (χ2v) is 6.01. The summed E-state index contributed by atoms with van der Waals surface area (Å²) in [5.74, 6) is 0. The summed E-state index contributed by atoms with van der Waals surface area (Å²) in [5.41, 5.74) is 3.94. The largest absolute Gasteiger partial charge is 0.313 e. The fourth-order valence-electron chi connectivity index (χ4n) is 2.71. The van der Waals surface area contributed by atoms with Crippen molar-refractivity contribution in [1.29, 1.82) is 0 Å². The van der Waals surface area contributed by atoms with Crippen LogP contribution in [0.15, 0.2) is 54.6 Å². The summed E-state index contributed by atoms with van der Waals surface area (Å²) in [6.45, 7) is 4.38. The summed E-state index contributed by atoms with van der Waals surface area (Å²) < 4.78 is 0. The predicted octanol–water partition coefficient (Wildman–Crippen LogP) is 6.23. The van der Waals surface area contributed by atoms with Gasteiger partial charge in [0.2, 0.25) is 0 Å². The highest BCUT2D eigenvalue weighted by molar-refractivity contribution is 5.85. The van der Waals surface area contributed by atoms with E-state index >= 15 is 0 Å². The molecule has 1 N–H and O–H groups in total. The molecule has 23 heavy (non-hydrogen) atoms. The number of hydrogen-bond donors (Lipinski definition) is 1. The van der Waals surface area contributed by atoms with Gasteiger partial charge in [-0.25, -0.2) is 0 Å². The number of hydrogen-bond acceptors (Lipinski definition) is 1. The number of halogens is 1. The van der Waals surface area contributed by atoms with Gasteiger partial charge in [-0.2, -0.15) is 0 Å². The van der Waals surface area contributed by atoms with Gasteiger partial charge in [0, 0.05) is 6.54 Å². The van der Waals surface area contributed by atoms with Crippen molar-refractivity contribution in [3.63, 3.8) is 0 Å². The summed E-state index contributed by atoms with van der Waals surface area (Å²) in [6, 6.07) is 19.5. The Hall–Kier alpha value is -1.31. The van der Waals surface area contributed by atoms with Gasteiger partial charge in [0.15, 0.2) is 0 Å². The molecule has 0 aliphatic rings. The molecule has 0 aliphatic carbocycles. The molecule has 2 aromatic carbocycles. The predicted molar refractivity (Wildman–Crippen MR) is 104 cm³/mol. The Balaban J connectivity index is 0.00000264. The molecule has 1 nitrogen and oxygen atoms in total. The van der Waals surface area contributed by atoms with Gasteiger partial charge in [0.25, 0.3) is 0 Å². The molecule has 0 amide bonds. The zero-order chi connectivity index (χ0) is 15.5. The first-order valence-electron chi connectivity index (χ1n) is 8.75. The Morgan fingerprint density at radius 2 is 1.30 bits per heavy atom. The summed E-state index contributed by atoms with van der Waals surface area (Å²) in [4.78, 5) is 0. The van der Waals surface area contributed by atoms with Gasteiger partial charge in [-0.05, 0) is 29.7 Å². The van der Waals surface area contributed by atoms with E-state index in [9.17, 15) is 0 Å². The number of benzene rings is 2. The zero-order valence-corrected chi connectivity index (χ0v) is 15.1. The van der Waals surface area contributed by atoms with Crippen molar-refractivity contribution in [2.24, 2.45) is 0 Å². The van der Waals surface area contributed by atoms with Crippen molar-refractivity contribution in [2.75, 3.05) is 6.54 Å². The molecule has 0 aromatic heterocycles. The molecule has 0 atom stereocenters. The van der Waals surface area contributed by atoms with Crippen molar-refractivity contribution in [1.82, 2.24) is 5.32 Å². The second-order valence-electron chi connectivity index (χ2n) is 6.01.